The molecule has 0 spiro atoms. The van der Waals surface area contributed by atoms with Gasteiger partial charge in [0.15, 0.2) is 0 Å². The number of hydrogen-bond acceptors (Lipinski definition) is 2. The van der Waals surface area contributed by atoms with Gasteiger partial charge in [-0.3, -0.25) is 9.78 Å². The monoisotopic (exact) mass is 360 g/mol. The highest BCUT2D eigenvalue weighted by molar-refractivity contribution is 9.10. The Balaban J connectivity index is 1.99. The van der Waals surface area contributed by atoms with E-state index in [-0.39, 0.29) is 5.91 Å². The second kappa shape index (κ2) is 5.84. The van der Waals surface area contributed by atoms with Gasteiger partial charge in [-0.2, -0.15) is 0 Å². The Morgan fingerprint density at radius 2 is 2.05 bits per heavy atom. The molecule has 0 aliphatic carbocycles. The van der Waals surface area contributed by atoms with Gasteiger partial charge >= 0.3 is 0 Å². The van der Waals surface area contributed by atoms with Crippen LogP contribution < -0.4 is 5.32 Å². The number of carbonyl (C=O) groups is 1. The van der Waals surface area contributed by atoms with E-state index in [1.807, 2.05) is 24.3 Å². The largest absolute Gasteiger partial charge is 0.321 e. The molecule has 2 aromatic carbocycles. The van der Waals surface area contributed by atoms with E-state index >= 15 is 0 Å². The fraction of sp³-hybridized carbons (Fsp3) is 0. The summed E-state index contributed by atoms with van der Waals surface area (Å²) < 4.78 is 0.802. The van der Waals surface area contributed by atoms with E-state index in [9.17, 15) is 4.79 Å². The van der Waals surface area contributed by atoms with Gasteiger partial charge < -0.3 is 5.32 Å². The lowest BCUT2D eigenvalue weighted by Crippen LogP contribution is -2.12. The van der Waals surface area contributed by atoms with Crippen molar-refractivity contribution in [3.8, 4) is 0 Å². The number of aromatic nitrogens is 1. The predicted octanol–water partition coefficient (Wildman–Crippen LogP) is 4.90. The van der Waals surface area contributed by atoms with Crippen LogP contribution in [0.15, 0.2) is 59.3 Å². The van der Waals surface area contributed by atoms with Crippen molar-refractivity contribution in [2.24, 2.45) is 0 Å². The first-order valence-corrected chi connectivity index (χ1v) is 7.41. The summed E-state index contributed by atoms with van der Waals surface area (Å²) in [6.07, 6.45) is 3.45. The van der Waals surface area contributed by atoms with Crippen molar-refractivity contribution < 1.29 is 4.79 Å². The van der Waals surface area contributed by atoms with Crippen molar-refractivity contribution in [3.05, 3.63) is 69.9 Å². The second-order valence-electron chi connectivity index (χ2n) is 4.48. The Morgan fingerprint density at radius 3 is 2.90 bits per heavy atom. The maximum absolute atomic E-state index is 12.4. The first kappa shape index (κ1) is 14.0. The lowest BCUT2D eigenvalue weighted by Gasteiger charge is -2.09. The third kappa shape index (κ3) is 2.91. The minimum atomic E-state index is -0.252. The topological polar surface area (TPSA) is 42.0 Å². The number of pyridine rings is 1. The minimum absolute atomic E-state index is 0.252. The zero-order valence-corrected chi connectivity index (χ0v) is 13.1. The molecule has 3 aromatic rings. The Kier molecular flexibility index (Phi) is 3.90. The fourth-order valence-electron chi connectivity index (χ4n) is 2.08. The van der Waals surface area contributed by atoms with Gasteiger partial charge in [-0.25, -0.2) is 0 Å². The minimum Gasteiger partial charge on any atom is -0.321 e. The number of halogens is 2. The van der Waals surface area contributed by atoms with Crippen LogP contribution in [0.4, 0.5) is 5.69 Å². The Morgan fingerprint density at radius 1 is 1.19 bits per heavy atom. The predicted molar refractivity (Wildman–Crippen MR) is 88.8 cm³/mol. The van der Waals surface area contributed by atoms with Crippen LogP contribution in [-0.2, 0) is 0 Å². The van der Waals surface area contributed by atoms with Crippen LogP contribution >= 0.6 is 27.5 Å². The number of carbonyl (C=O) groups excluding carboxylic acids is 1. The highest BCUT2D eigenvalue weighted by Crippen LogP contribution is 2.25. The Bertz CT molecular complexity index is 830. The van der Waals surface area contributed by atoms with Crippen LogP contribution in [0.1, 0.15) is 10.4 Å². The summed E-state index contributed by atoms with van der Waals surface area (Å²) in [4.78, 5) is 16.5. The molecule has 0 unspecified atom stereocenters. The summed E-state index contributed by atoms with van der Waals surface area (Å²) in [6.45, 7) is 0. The van der Waals surface area contributed by atoms with Crippen LogP contribution in [0.2, 0.25) is 5.02 Å². The third-order valence-electron chi connectivity index (χ3n) is 3.10. The van der Waals surface area contributed by atoms with E-state index in [0.717, 1.165) is 15.2 Å². The molecule has 0 aliphatic rings. The maximum atomic E-state index is 12.4. The van der Waals surface area contributed by atoms with Gasteiger partial charge in [0.1, 0.15) is 0 Å². The van der Waals surface area contributed by atoms with E-state index in [4.69, 9.17) is 11.6 Å². The van der Waals surface area contributed by atoms with Crippen molar-refractivity contribution in [1.29, 1.82) is 0 Å². The maximum Gasteiger partial charge on any atom is 0.257 e. The Hall–Kier alpha value is -1.91. The number of rotatable bonds is 2. The van der Waals surface area contributed by atoms with Crippen LogP contribution in [-0.4, -0.2) is 10.9 Å². The second-order valence-corrected chi connectivity index (χ2v) is 5.80. The molecule has 0 saturated carbocycles. The highest BCUT2D eigenvalue weighted by Gasteiger charge is 2.12. The molecule has 3 nitrogen and oxygen atoms in total. The number of anilines is 1. The average molecular weight is 362 g/mol. The SMILES string of the molecule is O=C(Nc1cccc2ccncc12)c1cc(Br)ccc1Cl. The van der Waals surface area contributed by atoms with Crippen LogP contribution in [0.25, 0.3) is 10.8 Å². The summed E-state index contributed by atoms with van der Waals surface area (Å²) in [6, 6.07) is 12.8. The highest BCUT2D eigenvalue weighted by atomic mass is 79.9. The summed E-state index contributed by atoms with van der Waals surface area (Å²) >= 11 is 9.42. The molecule has 0 aliphatic heterocycles. The zero-order valence-electron chi connectivity index (χ0n) is 10.8. The van der Waals surface area contributed by atoms with Crippen molar-refractivity contribution in [1.82, 2.24) is 4.98 Å². The lowest BCUT2D eigenvalue weighted by molar-refractivity contribution is 0.102. The molecule has 21 heavy (non-hydrogen) atoms. The quantitative estimate of drug-likeness (QED) is 0.705. The van der Waals surface area contributed by atoms with Gasteiger partial charge in [-0.15, -0.1) is 0 Å². The molecular weight excluding hydrogens is 352 g/mol. The van der Waals surface area contributed by atoms with Gasteiger partial charge in [-0.1, -0.05) is 39.7 Å². The van der Waals surface area contributed by atoms with Crippen molar-refractivity contribution >= 4 is 49.9 Å². The molecule has 1 amide bonds. The zero-order chi connectivity index (χ0) is 14.8. The molecule has 0 bridgehead atoms. The summed E-state index contributed by atoms with van der Waals surface area (Å²) in [5.41, 5.74) is 1.13. The number of benzene rings is 2. The number of fused-ring (bicyclic) bond motifs is 1. The van der Waals surface area contributed by atoms with Gasteiger partial charge in [0.2, 0.25) is 0 Å². The van der Waals surface area contributed by atoms with E-state index in [1.165, 1.54) is 0 Å². The molecule has 0 radical (unpaired) electrons. The lowest BCUT2D eigenvalue weighted by atomic mass is 10.1. The third-order valence-corrected chi connectivity index (χ3v) is 3.93. The molecule has 0 atom stereocenters. The molecule has 0 fully saturated rings. The van der Waals surface area contributed by atoms with E-state index < -0.39 is 0 Å². The molecule has 1 aromatic heterocycles. The van der Waals surface area contributed by atoms with Gasteiger partial charge in [0.05, 0.1) is 16.3 Å². The van der Waals surface area contributed by atoms with Crippen molar-refractivity contribution in [2.45, 2.75) is 0 Å². The summed E-state index contributed by atoms with van der Waals surface area (Å²) in [5, 5.41) is 5.20. The van der Waals surface area contributed by atoms with Gasteiger partial charge in [-0.05, 0) is 35.7 Å². The van der Waals surface area contributed by atoms with Crippen molar-refractivity contribution in [2.75, 3.05) is 5.32 Å². The van der Waals surface area contributed by atoms with E-state index in [0.29, 0.717) is 16.3 Å². The first-order chi connectivity index (χ1) is 10.1. The number of nitrogens with zero attached hydrogens (tertiary/aromatic N) is 1. The number of nitrogens with one attached hydrogen (secondary N) is 1. The van der Waals surface area contributed by atoms with Gasteiger partial charge in [0, 0.05) is 22.3 Å². The van der Waals surface area contributed by atoms with E-state index in [2.05, 4.69) is 26.2 Å². The smallest absolute Gasteiger partial charge is 0.257 e. The molecule has 1 N–H and O–H groups in total. The molecule has 5 heteroatoms. The standard InChI is InChI=1S/C16H10BrClN2O/c17-11-4-5-14(18)12(8-11)16(21)20-15-3-1-2-10-6-7-19-9-13(10)15/h1-9H,(H,20,21). The van der Waals surface area contributed by atoms with Crippen LogP contribution in [0.5, 0.6) is 0 Å². The van der Waals surface area contributed by atoms with Crippen LogP contribution in [0, 0.1) is 0 Å². The summed E-state index contributed by atoms with van der Waals surface area (Å²) in [7, 11) is 0. The van der Waals surface area contributed by atoms with Crippen LogP contribution in [0.3, 0.4) is 0 Å². The van der Waals surface area contributed by atoms with Gasteiger partial charge in [0.25, 0.3) is 5.91 Å². The van der Waals surface area contributed by atoms with Crippen molar-refractivity contribution in [3.63, 3.8) is 0 Å². The molecule has 104 valence electrons. The number of amides is 1. The molecule has 1 heterocycles. The summed E-state index contributed by atoms with van der Waals surface area (Å²) in [5.74, 6) is -0.252. The normalized spacial score (nSPS) is 10.6. The molecule has 0 saturated heterocycles. The first-order valence-electron chi connectivity index (χ1n) is 6.24. The molecule has 3 rings (SSSR count). The molecular formula is C16H10BrClN2O. The van der Waals surface area contributed by atoms with E-state index in [1.54, 1.807) is 30.6 Å². The average Bonchev–Trinajstić information content (AvgIpc) is 2.50. The Labute approximate surface area is 135 Å². The number of hydrogen-bond donors (Lipinski definition) is 1. The fourth-order valence-corrected chi connectivity index (χ4v) is 2.65.